The van der Waals surface area contributed by atoms with Gasteiger partial charge in [0, 0.05) is 18.7 Å². The molecule has 5 heteroatoms. The number of carbonyl (C=O) groups is 2. The summed E-state index contributed by atoms with van der Waals surface area (Å²) in [4.78, 5) is 23.1. The molecule has 3 N–H and O–H groups in total. The average molecular weight is 262 g/mol. The van der Waals surface area contributed by atoms with E-state index in [1.54, 1.807) is 6.07 Å². The summed E-state index contributed by atoms with van der Waals surface area (Å²) in [6.45, 7) is 3.47. The number of nitrogens with one attached hydrogen (secondary N) is 2. The number of aliphatic carboxylic acids is 1. The third kappa shape index (κ3) is 3.12. The first kappa shape index (κ1) is 13.5. The van der Waals surface area contributed by atoms with Crippen molar-refractivity contribution < 1.29 is 14.7 Å². The highest BCUT2D eigenvalue weighted by molar-refractivity contribution is 5.96. The van der Waals surface area contributed by atoms with Gasteiger partial charge in [-0.05, 0) is 29.7 Å². The fourth-order valence-electron chi connectivity index (χ4n) is 2.22. The molecule has 0 aliphatic carbocycles. The van der Waals surface area contributed by atoms with Crippen LogP contribution in [-0.2, 0) is 17.9 Å². The van der Waals surface area contributed by atoms with E-state index in [4.69, 9.17) is 5.11 Å². The van der Waals surface area contributed by atoms with E-state index in [-0.39, 0.29) is 5.91 Å². The third-order valence-electron chi connectivity index (χ3n) is 3.28. The number of hydrogen-bond acceptors (Lipinski definition) is 3. The Kier molecular flexibility index (Phi) is 4.16. The number of carbonyl (C=O) groups excluding carboxylic acids is 1. The van der Waals surface area contributed by atoms with Crippen LogP contribution in [0.3, 0.4) is 0 Å². The molecule has 0 radical (unpaired) electrons. The first-order chi connectivity index (χ1) is 9.11. The highest BCUT2D eigenvalue weighted by Crippen LogP contribution is 2.17. The van der Waals surface area contributed by atoms with Gasteiger partial charge in [0.15, 0.2) is 0 Å². The third-order valence-corrected chi connectivity index (χ3v) is 3.28. The molecular formula is C14H18N2O3. The van der Waals surface area contributed by atoms with Crippen molar-refractivity contribution in [2.24, 2.45) is 0 Å². The first-order valence-electron chi connectivity index (χ1n) is 6.48. The molecule has 1 amide bonds. The minimum Gasteiger partial charge on any atom is -0.480 e. The number of hydrogen-bond donors (Lipinski definition) is 3. The highest BCUT2D eigenvalue weighted by Gasteiger charge is 2.20. The second kappa shape index (κ2) is 5.84. The van der Waals surface area contributed by atoms with Gasteiger partial charge in [-0.2, -0.15) is 0 Å². The average Bonchev–Trinajstić information content (AvgIpc) is 2.85. The van der Waals surface area contributed by atoms with Gasteiger partial charge in [0.25, 0.3) is 5.91 Å². The summed E-state index contributed by atoms with van der Waals surface area (Å²) in [6, 6.07) is 4.67. The van der Waals surface area contributed by atoms with E-state index in [9.17, 15) is 9.59 Å². The molecule has 5 nitrogen and oxygen atoms in total. The SMILES string of the molecule is CCCC(NC(=O)c1ccc2c(c1)CNC2)C(=O)O. The zero-order valence-corrected chi connectivity index (χ0v) is 10.9. The fourth-order valence-corrected chi connectivity index (χ4v) is 2.22. The van der Waals surface area contributed by atoms with Crippen molar-refractivity contribution in [1.82, 2.24) is 10.6 Å². The molecule has 1 aromatic rings. The molecular weight excluding hydrogens is 244 g/mol. The van der Waals surface area contributed by atoms with Crippen LogP contribution in [-0.4, -0.2) is 23.0 Å². The Balaban J connectivity index is 2.09. The Morgan fingerprint density at radius 1 is 1.37 bits per heavy atom. The van der Waals surface area contributed by atoms with Crippen molar-refractivity contribution in [2.75, 3.05) is 0 Å². The molecule has 0 spiro atoms. The molecule has 1 unspecified atom stereocenters. The number of carboxylic acid groups (broad SMARTS) is 1. The number of rotatable bonds is 5. The molecule has 102 valence electrons. The van der Waals surface area contributed by atoms with Gasteiger partial charge in [0.1, 0.15) is 6.04 Å². The molecule has 1 heterocycles. The lowest BCUT2D eigenvalue weighted by atomic mass is 10.1. The summed E-state index contributed by atoms with van der Waals surface area (Å²) in [5, 5.41) is 14.8. The summed E-state index contributed by atoms with van der Waals surface area (Å²) in [5.41, 5.74) is 2.82. The first-order valence-corrected chi connectivity index (χ1v) is 6.48. The molecule has 1 aliphatic heterocycles. The Morgan fingerprint density at radius 3 is 2.79 bits per heavy atom. The van der Waals surface area contributed by atoms with Gasteiger partial charge in [-0.25, -0.2) is 4.79 Å². The lowest BCUT2D eigenvalue weighted by molar-refractivity contribution is -0.139. The van der Waals surface area contributed by atoms with Gasteiger partial charge in [-0.15, -0.1) is 0 Å². The zero-order valence-electron chi connectivity index (χ0n) is 10.9. The molecule has 0 fully saturated rings. The van der Waals surface area contributed by atoms with Crippen LogP contribution in [0.5, 0.6) is 0 Å². The van der Waals surface area contributed by atoms with Gasteiger partial charge in [0.2, 0.25) is 0 Å². The summed E-state index contributed by atoms with van der Waals surface area (Å²) in [7, 11) is 0. The maximum absolute atomic E-state index is 12.0. The van der Waals surface area contributed by atoms with Crippen LogP contribution in [0.15, 0.2) is 18.2 Å². The molecule has 0 saturated carbocycles. The lowest BCUT2D eigenvalue weighted by Gasteiger charge is -2.13. The van der Waals surface area contributed by atoms with Crippen LogP contribution in [0.25, 0.3) is 0 Å². The van der Waals surface area contributed by atoms with E-state index in [0.717, 1.165) is 18.7 Å². The van der Waals surface area contributed by atoms with E-state index >= 15 is 0 Å². The van der Waals surface area contributed by atoms with Crippen molar-refractivity contribution in [3.05, 3.63) is 34.9 Å². The molecule has 1 aromatic carbocycles. The molecule has 1 atom stereocenters. The minimum atomic E-state index is -0.988. The maximum atomic E-state index is 12.0. The van der Waals surface area contributed by atoms with Crippen molar-refractivity contribution in [2.45, 2.75) is 38.9 Å². The summed E-state index contributed by atoms with van der Waals surface area (Å²) in [5.74, 6) is -1.31. The number of benzene rings is 1. The second-order valence-corrected chi connectivity index (χ2v) is 4.74. The molecule has 0 aromatic heterocycles. The van der Waals surface area contributed by atoms with Crippen LogP contribution in [0.4, 0.5) is 0 Å². The zero-order chi connectivity index (χ0) is 13.8. The van der Waals surface area contributed by atoms with E-state index in [1.165, 1.54) is 5.56 Å². The lowest BCUT2D eigenvalue weighted by Crippen LogP contribution is -2.40. The van der Waals surface area contributed by atoms with Crippen molar-refractivity contribution in [1.29, 1.82) is 0 Å². The standard InChI is InChI=1S/C14H18N2O3/c1-2-3-12(14(18)19)16-13(17)9-4-5-10-7-15-8-11(10)6-9/h4-6,12,15H,2-3,7-8H2,1H3,(H,16,17)(H,18,19). The van der Waals surface area contributed by atoms with Crippen LogP contribution in [0.1, 0.15) is 41.3 Å². The van der Waals surface area contributed by atoms with Gasteiger partial charge >= 0.3 is 5.97 Å². The van der Waals surface area contributed by atoms with Crippen molar-refractivity contribution in [3.8, 4) is 0 Å². The summed E-state index contributed by atoms with van der Waals surface area (Å²) >= 11 is 0. The molecule has 0 bridgehead atoms. The predicted molar refractivity (Wildman–Crippen MR) is 70.8 cm³/mol. The second-order valence-electron chi connectivity index (χ2n) is 4.74. The number of carboxylic acids is 1. The van der Waals surface area contributed by atoms with Gasteiger partial charge in [-0.1, -0.05) is 19.4 Å². The topological polar surface area (TPSA) is 78.4 Å². The number of fused-ring (bicyclic) bond motifs is 1. The largest absolute Gasteiger partial charge is 0.480 e. The Bertz CT molecular complexity index is 499. The van der Waals surface area contributed by atoms with Crippen molar-refractivity contribution >= 4 is 11.9 Å². The van der Waals surface area contributed by atoms with E-state index in [2.05, 4.69) is 10.6 Å². The molecule has 2 rings (SSSR count). The highest BCUT2D eigenvalue weighted by atomic mass is 16.4. The van der Waals surface area contributed by atoms with Crippen LogP contribution >= 0.6 is 0 Å². The normalized spacial score (nSPS) is 14.8. The van der Waals surface area contributed by atoms with E-state index in [1.807, 2.05) is 19.1 Å². The Morgan fingerprint density at radius 2 is 2.11 bits per heavy atom. The minimum absolute atomic E-state index is 0.324. The molecule has 19 heavy (non-hydrogen) atoms. The molecule has 0 saturated heterocycles. The van der Waals surface area contributed by atoms with E-state index in [0.29, 0.717) is 18.4 Å². The smallest absolute Gasteiger partial charge is 0.326 e. The van der Waals surface area contributed by atoms with Gasteiger partial charge < -0.3 is 15.7 Å². The summed E-state index contributed by atoms with van der Waals surface area (Å²) < 4.78 is 0. The Labute approximate surface area is 112 Å². The van der Waals surface area contributed by atoms with Crippen LogP contribution in [0.2, 0.25) is 0 Å². The van der Waals surface area contributed by atoms with Gasteiger partial charge in [0.05, 0.1) is 0 Å². The van der Waals surface area contributed by atoms with E-state index < -0.39 is 12.0 Å². The fraction of sp³-hybridized carbons (Fsp3) is 0.429. The predicted octanol–water partition coefficient (Wildman–Crippen LogP) is 1.27. The monoisotopic (exact) mass is 262 g/mol. The maximum Gasteiger partial charge on any atom is 0.326 e. The van der Waals surface area contributed by atoms with Crippen LogP contribution < -0.4 is 10.6 Å². The van der Waals surface area contributed by atoms with Crippen LogP contribution in [0, 0.1) is 0 Å². The molecule has 1 aliphatic rings. The summed E-state index contributed by atoms with van der Waals surface area (Å²) in [6.07, 6.45) is 1.15. The Hall–Kier alpha value is -1.88. The van der Waals surface area contributed by atoms with Crippen molar-refractivity contribution in [3.63, 3.8) is 0 Å². The quantitative estimate of drug-likeness (QED) is 0.746. The van der Waals surface area contributed by atoms with Gasteiger partial charge in [-0.3, -0.25) is 4.79 Å². The number of amides is 1.